The number of anilines is 1. The van der Waals surface area contributed by atoms with E-state index in [0.29, 0.717) is 5.56 Å². The zero-order valence-electron chi connectivity index (χ0n) is 10.6. The molecule has 0 atom stereocenters. The van der Waals surface area contributed by atoms with E-state index < -0.39 is 0 Å². The summed E-state index contributed by atoms with van der Waals surface area (Å²) >= 11 is 0. The van der Waals surface area contributed by atoms with Crippen molar-refractivity contribution in [2.75, 3.05) is 18.5 Å². The summed E-state index contributed by atoms with van der Waals surface area (Å²) in [5.74, 6) is 5.37. The van der Waals surface area contributed by atoms with Gasteiger partial charge >= 0.3 is 0 Å². The maximum absolute atomic E-state index is 12.2. The lowest BCUT2D eigenvalue weighted by atomic mass is 10.1. The molecule has 4 nitrogen and oxygen atoms in total. The summed E-state index contributed by atoms with van der Waals surface area (Å²) in [5, 5.41) is 0. The molecule has 0 heterocycles. The number of nitrogens with two attached hydrogens (primary N) is 1. The van der Waals surface area contributed by atoms with Crippen LogP contribution in [0.5, 0.6) is 0 Å². The van der Waals surface area contributed by atoms with Crippen molar-refractivity contribution < 1.29 is 4.79 Å². The SMILES string of the molecule is CCCCN(CC)C(=O)c1ccc(NN)cc1. The van der Waals surface area contributed by atoms with Gasteiger partial charge in [0.25, 0.3) is 5.91 Å². The van der Waals surface area contributed by atoms with Crippen molar-refractivity contribution in [2.45, 2.75) is 26.7 Å². The van der Waals surface area contributed by atoms with Gasteiger partial charge in [0, 0.05) is 24.3 Å². The van der Waals surface area contributed by atoms with Gasteiger partial charge in [-0.05, 0) is 37.6 Å². The van der Waals surface area contributed by atoms with Crippen LogP contribution < -0.4 is 11.3 Å². The maximum atomic E-state index is 12.2. The summed E-state index contributed by atoms with van der Waals surface area (Å²) in [6.45, 7) is 5.70. The largest absolute Gasteiger partial charge is 0.339 e. The van der Waals surface area contributed by atoms with E-state index in [2.05, 4.69) is 12.3 Å². The highest BCUT2D eigenvalue weighted by Gasteiger charge is 2.12. The zero-order chi connectivity index (χ0) is 12.7. The number of hydrogen-bond acceptors (Lipinski definition) is 3. The molecule has 0 aliphatic carbocycles. The van der Waals surface area contributed by atoms with E-state index in [4.69, 9.17) is 5.84 Å². The first-order chi connectivity index (χ1) is 8.22. The summed E-state index contributed by atoms with van der Waals surface area (Å²) in [5.41, 5.74) is 4.06. The van der Waals surface area contributed by atoms with Crippen molar-refractivity contribution in [1.29, 1.82) is 0 Å². The van der Waals surface area contributed by atoms with Crippen LogP contribution in [0.15, 0.2) is 24.3 Å². The minimum atomic E-state index is 0.0875. The van der Waals surface area contributed by atoms with Crippen LogP contribution in [0.1, 0.15) is 37.0 Å². The molecule has 4 heteroatoms. The number of carbonyl (C=O) groups excluding carboxylic acids is 1. The van der Waals surface area contributed by atoms with Crippen molar-refractivity contribution in [3.63, 3.8) is 0 Å². The van der Waals surface area contributed by atoms with Gasteiger partial charge in [-0.3, -0.25) is 10.6 Å². The second-order valence-corrected chi connectivity index (χ2v) is 3.96. The normalized spacial score (nSPS) is 10.1. The van der Waals surface area contributed by atoms with E-state index in [-0.39, 0.29) is 5.91 Å². The summed E-state index contributed by atoms with van der Waals surface area (Å²) in [7, 11) is 0. The Balaban J connectivity index is 2.71. The Hall–Kier alpha value is -1.55. The van der Waals surface area contributed by atoms with Crippen LogP contribution in [0.4, 0.5) is 5.69 Å². The van der Waals surface area contributed by atoms with Gasteiger partial charge in [0.15, 0.2) is 0 Å². The van der Waals surface area contributed by atoms with Gasteiger partial charge in [-0.15, -0.1) is 0 Å². The van der Waals surface area contributed by atoms with E-state index in [1.165, 1.54) is 0 Å². The third-order valence-corrected chi connectivity index (χ3v) is 2.75. The molecule has 0 saturated heterocycles. The Morgan fingerprint density at radius 1 is 1.29 bits per heavy atom. The van der Waals surface area contributed by atoms with E-state index >= 15 is 0 Å². The second kappa shape index (κ2) is 6.91. The molecule has 0 bridgehead atoms. The summed E-state index contributed by atoms with van der Waals surface area (Å²) in [6.07, 6.45) is 2.14. The molecule has 17 heavy (non-hydrogen) atoms. The van der Waals surface area contributed by atoms with Crippen LogP contribution in [0.25, 0.3) is 0 Å². The monoisotopic (exact) mass is 235 g/mol. The number of amides is 1. The molecule has 1 amide bonds. The average molecular weight is 235 g/mol. The van der Waals surface area contributed by atoms with Gasteiger partial charge in [0.05, 0.1) is 0 Å². The standard InChI is InChI=1S/C13H21N3O/c1-3-5-10-16(4-2)13(17)11-6-8-12(15-14)9-7-11/h6-9,15H,3-5,10,14H2,1-2H3. The van der Waals surface area contributed by atoms with Gasteiger partial charge in [-0.1, -0.05) is 13.3 Å². The van der Waals surface area contributed by atoms with Crippen molar-refractivity contribution >= 4 is 11.6 Å². The van der Waals surface area contributed by atoms with Crippen molar-refractivity contribution in [2.24, 2.45) is 5.84 Å². The highest BCUT2D eigenvalue weighted by molar-refractivity contribution is 5.94. The van der Waals surface area contributed by atoms with E-state index in [1.54, 1.807) is 24.3 Å². The number of nitrogens with one attached hydrogen (secondary N) is 1. The minimum Gasteiger partial charge on any atom is -0.339 e. The lowest BCUT2D eigenvalue weighted by molar-refractivity contribution is 0.0762. The fourth-order valence-electron chi connectivity index (χ4n) is 1.64. The lowest BCUT2D eigenvalue weighted by Crippen LogP contribution is -2.31. The lowest BCUT2D eigenvalue weighted by Gasteiger charge is -2.20. The summed E-state index contributed by atoms with van der Waals surface area (Å²) in [4.78, 5) is 14.0. The third kappa shape index (κ3) is 3.75. The zero-order valence-corrected chi connectivity index (χ0v) is 10.6. The first-order valence-electron chi connectivity index (χ1n) is 6.08. The van der Waals surface area contributed by atoms with Crippen molar-refractivity contribution in [1.82, 2.24) is 4.90 Å². The van der Waals surface area contributed by atoms with E-state index in [1.807, 2.05) is 11.8 Å². The molecular formula is C13H21N3O. The number of benzene rings is 1. The number of hydrogen-bond donors (Lipinski definition) is 2. The predicted molar refractivity (Wildman–Crippen MR) is 70.7 cm³/mol. The fraction of sp³-hybridized carbons (Fsp3) is 0.462. The molecule has 0 spiro atoms. The topological polar surface area (TPSA) is 58.4 Å². The molecular weight excluding hydrogens is 214 g/mol. The molecule has 0 aromatic heterocycles. The Morgan fingerprint density at radius 3 is 2.41 bits per heavy atom. The molecule has 0 radical (unpaired) electrons. The molecule has 94 valence electrons. The Kier molecular flexibility index (Phi) is 5.49. The van der Waals surface area contributed by atoms with Crippen LogP contribution in [0.2, 0.25) is 0 Å². The van der Waals surface area contributed by atoms with E-state index in [0.717, 1.165) is 31.6 Å². The summed E-state index contributed by atoms with van der Waals surface area (Å²) < 4.78 is 0. The highest BCUT2D eigenvalue weighted by Crippen LogP contribution is 2.11. The van der Waals surface area contributed by atoms with Crippen LogP contribution in [0, 0.1) is 0 Å². The van der Waals surface area contributed by atoms with Crippen LogP contribution in [-0.4, -0.2) is 23.9 Å². The van der Waals surface area contributed by atoms with Crippen molar-refractivity contribution in [3.05, 3.63) is 29.8 Å². The molecule has 0 saturated carbocycles. The van der Waals surface area contributed by atoms with Crippen LogP contribution >= 0.6 is 0 Å². The van der Waals surface area contributed by atoms with Gasteiger partial charge in [-0.25, -0.2) is 0 Å². The van der Waals surface area contributed by atoms with Crippen LogP contribution in [-0.2, 0) is 0 Å². The quantitative estimate of drug-likeness (QED) is 0.587. The number of carbonyl (C=O) groups is 1. The average Bonchev–Trinajstić information content (AvgIpc) is 2.39. The number of nitrogens with zero attached hydrogens (tertiary/aromatic N) is 1. The molecule has 0 aliphatic rings. The molecule has 0 fully saturated rings. The molecule has 3 N–H and O–H groups in total. The number of unbranched alkanes of at least 4 members (excludes halogenated alkanes) is 1. The third-order valence-electron chi connectivity index (χ3n) is 2.75. The Morgan fingerprint density at radius 2 is 1.94 bits per heavy atom. The predicted octanol–water partition coefficient (Wildman–Crippen LogP) is 2.23. The molecule has 0 unspecified atom stereocenters. The molecule has 0 aliphatic heterocycles. The first-order valence-corrected chi connectivity index (χ1v) is 6.08. The van der Waals surface area contributed by atoms with Gasteiger partial charge in [-0.2, -0.15) is 0 Å². The first kappa shape index (κ1) is 13.5. The fourth-order valence-corrected chi connectivity index (χ4v) is 1.64. The van der Waals surface area contributed by atoms with Gasteiger partial charge < -0.3 is 10.3 Å². The van der Waals surface area contributed by atoms with Crippen molar-refractivity contribution in [3.8, 4) is 0 Å². The van der Waals surface area contributed by atoms with Gasteiger partial charge in [0.1, 0.15) is 0 Å². The van der Waals surface area contributed by atoms with E-state index in [9.17, 15) is 4.79 Å². The van der Waals surface area contributed by atoms with Gasteiger partial charge in [0.2, 0.25) is 0 Å². The molecule has 1 aromatic rings. The Bertz CT molecular complexity index is 348. The number of nitrogen functional groups attached to an aromatic ring is 1. The Labute approximate surface area is 103 Å². The highest BCUT2D eigenvalue weighted by atomic mass is 16.2. The van der Waals surface area contributed by atoms with Crippen LogP contribution in [0.3, 0.4) is 0 Å². The molecule has 1 aromatic carbocycles. The summed E-state index contributed by atoms with van der Waals surface area (Å²) in [6, 6.07) is 7.21. The number of hydrazine groups is 1. The second-order valence-electron chi connectivity index (χ2n) is 3.96. The molecule has 1 rings (SSSR count). The maximum Gasteiger partial charge on any atom is 0.253 e. The smallest absolute Gasteiger partial charge is 0.253 e. The minimum absolute atomic E-state index is 0.0875. The number of rotatable bonds is 6.